The lowest BCUT2D eigenvalue weighted by atomic mass is 9.94. The van der Waals surface area contributed by atoms with E-state index in [-0.39, 0.29) is 18.2 Å². The van der Waals surface area contributed by atoms with Gasteiger partial charge in [-0.15, -0.1) is 0 Å². The van der Waals surface area contributed by atoms with Crippen LogP contribution in [-0.2, 0) is 16.0 Å². The van der Waals surface area contributed by atoms with Crippen LogP contribution in [0.3, 0.4) is 0 Å². The number of hydrogen-bond donors (Lipinski definition) is 2. The number of ether oxygens (including phenoxy) is 4. The summed E-state index contributed by atoms with van der Waals surface area (Å²) in [6.07, 6.45) is -1.15. The maximum atomic E-state index is 11.4. The van der Waals surface area contributed by atoms with Crippen molar-refractivity contribution in [2.75, 3.05) is 51.9 Å². The van der Waals surface area contributed by atoms with Crippen LogP contribution < -0.4 is 19.7 Å². The number of para-hydroxylation sites is 3. The first-order valence-electron chi connectivity index (χ1n) is 11.6. The summed E-state index contributed by atoms with van der Waals surface area (Å²) >= 11 is 0. The minimum absolute atomic E-state index is 0.161. The van der Waals surface area contributed by atoms with Crippen molar-refractivity contribution in [2.24, 2.45) is 0 Å². The van der Waals surface area contributed by atoms with Gasteiger partial charge >= 0.3 is 0 Å². The Morgan fingerprint density at radius 1 is 0.970 bits per heavy atom. The number of methoxy groups -OCH3 is 2. The highest BCUT2D eigenvalue weighted by molar-refractivity contribution is 5.58. The zero-order valence-corrected chi connectivity index (χ0v) is 19.2. The van der Waals surface area contributed by atoms with Crippen molar-refractivity contribution in [2.45, 2.75) is 37.1 Å². The molecule has 0 aliphatic carbocycles. The number of fused-ring (bicyclic) bond motifs is 2. The smallest absolute Gasteiger partial charge is 0.176 e. The number of rotatable bonds is 7. The molecular weight excluding hydrogens is 422 g/mol. The van der Waals surface area contributed by atoms with Crippen LogP contribution in [0.2, 0.25) is 0 Å². The molecule has 0 unspecified atom stereocenters. The van der Waals surface area contributed by atoms with Gasteiger partial charge in [-0.2, -0.15) is 0 Å². The second kappa shape index (κ2) is 9.87. The molecule has 3 saturated heterocycles. The van der Waals surface area contributed by atoms with E-state index < -0.39 is 12.4 Å². The summed E-state index contributed by atoms with van der Waals surface area (Å²) in [5.74, 6) is 1.72. The number of benzene rings is 2. The largest absolute Gasteiger partial charge is 0.496 e. The lowest BCUT2D eigenvalue weighted by molar-refractivity contribution is -0.183. The highest BCUT2D eigenvalue weighted by atomic mass is 16.7. The number of aliphatic hydroxyl groups is 1. The van der Waals surface area contributed by atoms with E-state index in [2.05, 4.69) is 21.2 Å². The fraction of sp³-hybridized carbons (Fsp3) is 0.520. The normalized spacial score (nSPS) is 29.8. The topological polar surface area (TPSA) is 75.7 Å². The number of aliphatic hydroxyl groups excluding tert-OH is 1. The molecule has 3 aliphatic rings. The number of nitrogens with one attached hydrogen (secondary N) is 1. The Bertz CT molecular complexity index is 936. The Morgan fingerprint density at radius 3 is 2.42 bits per heavy atom. The van der Waals surface area contributed by atoms with Crippen molar-refractivity contribution in [3.05, 3.63) is 54.1 Å². The van der Waals surface area contributed by atoms with Gasteiger partial charge in [0.15, 0.2) is 6.29 Å². The SMILES string of the molecule is COc1ccccc1CN[C@H]1[C@H](O)[C@@H](N2CCN(c3ccccc3OC)CC2)[C@@H]2OC[C@H]1O2. The fourth-order valence-corrected chi connectivity index (χ4v) is 5.27. The van der Waals surface area contributed by atoms with Gasteiger partial charge < -0.3 is 34.3 Å². The van der Waals surface area contributed by atoms with E-state index in [0.717, 1.165) is 48.9 Å². The van der Waals surface area contributed by atoms with Gasteiger partial charge in [0.2, 0.25) is 0 Å². The molecule has 0 saturated carbocycles. The Morgan fingerprint density at radius 2 is 1.67 bits per heavy atom. The van der Waals surface area contributed by atoms with Gasteiger partial charge in [-0.25, -0.2) is 0 Å². The number of nitrogens with zero attached hydrogens (tertiary/aromatic N) is 2. The van der Waals surface area contributed by atoms with E-state index in [0.29, 0.717) is 13.2 Å². The molecule has 8 heteroatoms. The Balaban J connectivity index is 1.25. The van der Waals surface area contributed by atoms with Crippen LogP contribution in [0, 0.1) is 0 Å². The maximum absolute atomic E-state index is 11.4. The molecule has 2 bridgehead atoms. The summed E-state index contributed by atoms with van der Waals surface area (Å²) in [7, 11) is 3.38. The van der Waals surface area contributed by atoms with E-state index in [4.69, 9.17) is 18.9 Å². The van der Waals surface area contributed by atoms with Crippen molar-refractivity contribution in [1.82, 2.24) is 10.2 Å². The summed E-state index contributed by atoms with van der Waals surface area (Å²) < 4.78 is 23.2. The van der Waals surface area contributed by atoms with Gasteiger partial charge in [-0.3, -0.25) is 4.90 Å². The zero-order valence-electron chi connectivity index (χ0n) is 19.2. The van der Waals surface area contributed by atoms with E-state index in [9.17, 15) is 5.11 Å². The third-order valence-electron chi connectivity index (χ3n) is 7.01. The van der Waals surface area contributed by atoms with E-state index >= 15 is 0 Å². The van der Waals surface area contributed by atoms with Gasteiger partial charge in [-0.1, -0.05) is 30.3 Å². The van der Waals surface area contributed by atoms with E-state index in [1.807, 2.05) is 42.5 Å². The maximum Gasteiger partial charge on any atom is 0.176 e. The molecule has 0 amide bonds. The van der Waals surface area contributed by atoms with E-state index in [1.165, 1.54) is 0 Å². The quantitative estimate of drug-likeness (QED) is 0.650. The summed E-state index contributed by atoms with van der Waals surface area (Å²) in [5, 5.41) is 14.9. The molecule has 5 rings (SSSR count). The first-order chi connectivity index (χ1) is 16.2. The third-order valence-corrected chi connectivity index (χ3v) is 7.01. The molecule has 3 heterocycles. The van der Waals surface area contributed by atoms with Crippen LogP contribution in [0.15, 0.2) is 48.5 Å². The first kappa shape index (κ1) is 22.4. The molecule has 3 fully saturated rings. The average molecular weight is 456 g/mol. The summed E-state index contributed by atoms with van der Waals surface area (Å²) in [5.41, 5.74) is 2.16. The van der Waals surface area contributed by atoms with Crippen LogP contribution in [0.25, 0.3) is 0 Å². The molecule has 0 spiro atoms. The number of piperazine rings is 1. The van der Waals surface area contributed by atoms with Crippen molar-refractivity contribution in [1.29, 1.82) is 0 Å². The van der Waals surface area contributed by atoms with Crippen molar-refractivity contribution >= 4 is 5.69 Å². The average Bonchev–Trinajstić information content (AvgIpc) is 3.29. The molecule has 5 atom stereocenters. The fourth-order valence-electron chi connectivity index (χ4n) is 5.27. The lowest BCUT2D eigenvalue weighted by Crippen LogP contribution is -2.66. The Labute approximate surface area is 195 Å². The zero-order chi connectivity index (χ0) is 22.8. The predicted octanol–water partition coefficient (Wildman–Crippen LogP) is 1.47. The van der Waals surface area contributed by atoms with Gasteiger partial charge in [0.1, 0.15) is 17.6 Å². The molecule has 2 aromatic carbocycles. The highest BCUT2D eigenvalue weighted by Gasteiger charge is 2.52. The van der Waals surface area contributed by atoms with Crippen LogP contribution in [0.4, 0.5) is 5.69 Å². The summed E-state index contributed by atoms with van der Waals surface area (Å²) in [4.78, 5) is 4.64. The predicted molar refractivity (Wildman–Crippen MR) is 125 cm³/mol. The molecule has 33 heavy (non-hydrogen) atoms. The minimum Gasteiger partial charge on any atom is -0.496 e. The van der Waals surface area contributed by atoms with Gasteiger partial charge in [0, 0.05) is 38.3 Å². The number of hydrogen-bond acceptors (Lipinski definition) is 8. The molecule has 178 valence electrons. The minimum atomic E-state index is -0.594. The first-order valence-corrected chi connectivity index (χ1v) is 11.6. The Hall–Kier alpha value is -2.36. The molecule has 2 N–H and O–H groups in total. The molecule has 2 aromatic rings. The molecule has 3 aliphatic heterocycles. The van der Waals surface area contributed by atoms with Crippen molar-refractivity contribution in [3.8, 4) is 11.5 Å². The van der Waals surface area contributed by atoms with Gasteiger partial charge in [0.25, 0.3) is 0 Å². The Kier molecular flexibility index (Phi) is 6.71. The second-order valence-corrected chi connectivity index (χ2v) is 8.77. The van der Waals surface area contributed by atoms with Gasteiger partial charge in [0.05, 0.1) is 44.7 Å². The van der Waals surface area contributed by atoms with Gasteiger partial charge in [-0.05, 0) is 18.2 Å². The van der Waals surface area contributed by atoms with Crippen LogP contribution in [0.5, 0.6) is 11.5 Å². The van der Waals surface area contributed by atoms with E-state index in [1.54, 1.807) is 14.2 Å². The molecule has 0 aromatic heterocycles. The number of anilines is 1. The summed E-state index contributed by atoms with van der Waals surface area (Å²) in [6.45, 7) is 4.39. The third kappa shape index (κ3) is 4.41. The van der Waals surface area contributed by atoms with Crippen LogP contribution in [0.1, 0.15) is 5.56 Å². The van der Waals surface area contributed by atoms with Crippen molar-refractivity contribution < 1.29 is 24.1 Å². The second-order valence-electron chi connectivity index (χ2n) is 8.77. The highest BCUT2D eigenvalue weighted by Crippen LogP contribution is 2.34. The summed E-state index contributed by atoms with van der Waals surface area (Å²) in [6, 6.07) is 15.6. The lowest BCUT2D eigenvalue weighted by Gasteiger charge is -2.47. The van der Waals surface area contributed by atoms with Crippen LogP contribution in [-0.4, -0.2) is 87.6 Å². The molecule has 8 nitrogen and oxygen atoms in total. The molecule has 0 radical (unpaired) electrons. The molecular formula is C25H33N3O5. The monoisotopic (exact) mass is 455 g/mol. The standard InChI is InChI=1S/C25H33N3O5/c1-30-19-9-5-3-7-17(19)15-26-22-21-16-32-25(33-21)23(24(22)29)28-13-11-27(12-14-28)18-8-4-6-10-20(18)31-2/h3-10,21-26,29H,11-16H2,1-2H3/t21-,22-,23-,24+,25-/m1/s1. The van der Waals surface area contributed by atoms with Crippen LogP contribution >= 0.6 is 0 Å². The van der Waals surface area contributed by atoms with Crippen molar-refractivity contribution in [3.63, 3.8) is 0 Å².